The number of carbonyl (C=O) groups excluding carboxylic acids is 1. The fourth-order valence-corrected chi connectivity index (χ4v) is 2.83. The first-order valence-electron chi connectivity index (χ1n) is 8.16. The van der Waals surface area contributed by atoms with E-state index in [2.05, 4.69) is 40.3 Å². The van der Waals surface area contributed by atoms with Crippen molar-refractivity contribution in [3.63, 3.8) is 0 Å². The number of fused-ring (bicyclic) bond motifs is 1. The van der Waals surface area contributed by atoms with Crippen LogP contribution in [0.4, 0.5) is 0 Å². The minimum Gasteiger partial charge on any atom is -0.483 e. The second-order valence-corrected chi connectivity index (χ2v) is 6.95. The van der Waals surface area contributed by atoms with Gasteiger partial charge in [-0.25, -0.2) is 5.43 Å². The molecule has 136 valence electrons. The summed E-state index contributed by atoms with van der Waals surface area (Å²) in [6, 6.07) is 11.2. The SMILES string of the molecule is CC(C)c1cc(Br)ccc1OCC(=O)N/N=C/c1ccc2c(c1)OCO2. The predicted molar refractivity (Wildman–Crippen MR) is 102 cm³/mol. The number of amides is 1. The molecule has 1 amide bonds. The second-order valence-electron chi connectivity index (χ2n) is 6.03. The molecule has 0 fully saturated rings. The number of nitrogens with one attached hydrogen (secondary N) is 1. The maximum absolute atomic E-state index is 11.9. The van der Waals surface area contributed by atoms with E-state index in [1.165, 1.54) is 0 Å². The standard InChI is InChI=1S/C19H19BrN2O4/c1-12(2)15-8-14(20)4-6-16(15)24-10-19(23)22-21-9-13-3-5-17-18(7-13)26-11-25-17/h3-9,12H,10-11H2,1-2H3,(H,22,23)/b21-9+. The molecule has 1 aliphatic heterocycles. The number of hydrogen-bond donors (Lipinski definition) is 1. The maximum atomic E-state index is 11.9. The highest BCUT2D eigenvalue weighted by Crippen LogP contribution is 2.32. The van der Waals surface area contributed by atoms with Gasteiger partial charge in [0.1, 0.15) is 5.75 Å². The minimum absolute atomic E-state index is 0.111. The normalized spacial score (nSPS) is 12.6. The summed E-state index contributed by atoms with van der Waals surface area (Å²) in [5, 5.41) is 3.94. The monoisotopic (exact) mass is 418 g/mol. The summed E-state index contributed by atoms with van der Waals surface area (Å²) < 4.78 is 17.2. The number of hydrogen-bond acceptors (Lipinski definition) is 5. The smallest absolute Gasteiger partial charge is 0.277 e. The lowest BCUT2D eigenvalue weighted by Gasteiger charge is -2.13. The van der Waals surface area contributed by atoms with Crippen molar-refractivity contribution in [2.45, 2.75) is 19.8 Å². The summed E-state index contributed by atoms with van der Waals surface area (Å²) in [6.45, 7) is 4.26. The maximum Gasteiger partial charge on any atom is 0.277 e. The van der Waals surface area contributed by atoms with Crippen LogP contribution in [0.3, 0.4) is 0 Å². The molecule has 0 spiro atoms. The Morgan fingerprint density at radius 2 is 2.08 bits per heavy atom. The van der Waals surface area contributed by atoms with Crippen LogP contribution in [-0.2, 0) is 4.79 Å². The molecule has 0 aliphatic carbocycles. The Morgan fingerprint density at radius 3 is 2.88 bits per heavy atom. The molecular formula is C19H19BrN2O4. The quantitative estimate of drug-likeness (QED) is 0.571. The highest BCUT2D eigenvalue weighted by Gasteiger charge is 2.13. The topological polar surface area (TPSA) is 69.2 Å². The molecule has 2 aromatic carbocycles. The summed E-state index contributed by atoms with van der Waals surface area (Å²) in [7, 11) is 0. The second kappa shape index (κ2) is 8.23. The van der Waals surface area contributed by atoms with E-state index in [4.69, 9.17) is 14.2 Å². The molecule has 6 nitrogen and oxygen atoms in total. The van der Waals surface area contributed by atoms with Crippen molar-refractivity contribution in [3.05, 3.63) is 52.0 Å². The lowest BCUT2D eigenvalue weighted by Crippen LogP contribution is -2.24. The largest absolute Gasteiger partial charge is 0.483 e. The zero-order valence-electron chi connectivity index (χ0n) is 14.5. The van der Waals surface area contributed by atoms with E-state index >= 15 is 0 Å². The zero-order chi connectivity index (χ0) is 18.5. The predicted octanol–water partition coefficient (Wildman–Crippen LogP) is 3.83. The van der Waals surface area contributed by atoms with Crippen LogP contribution in [0.1, 0.15) is 30.9 Å². The van der Waals surface area contributed by atoms with Gasteiger partial charge >= 0.3 is 0 Å². The Kier molecular flexibility index (Phi) is 5.78. The number of carbonyl (C=O) groups is 1. The third kappa shape index (κ3) is 4.54. The molecular weight excluding hydrogens is 400 g/mol. The highest BCUT2D eigenvalue weighted by atomic mass is 79.9. The summed E-state index contributed by atoms with van der Waals surface area (Å²) >= 11 is 3.45. The molecule has 0 saturated heterocycles. The van der Waals surface area contributed by atoms with Gasteiger partial charge in [-0.15, -0.1) is 0 Å². The zero-order valence-corrected chi connectivity index (χ0v) is 16.1. The molecule has 0 unspecified atom stereocenters. The van der Waals surface area contributed by atoms with Crippen LogP contribution in [-0.4, -0.2) is 25.5 Å². The van der Waals surface area contributed by atoms with Gasteiger partial charge in [-0.2, -0.15) is 5.10 Å². The Balaban J connectivity index is 1.53. The van der Waals surface area contributed by atoms with E-state index < -0.39 is 0 Å². The molecule has 1 heterocycles. The van der Waals surface area contributed by atoms with Crippen molar-refractivity contribution < 1.29 is 19.0 Å². The minimum atomic E-state index is -0.334. The van der Waals surface area contributed by atoms with E-state index in [0.29, 0.717) is 17.2 Å². The van der Waals surface area contributed by atoms with E-state index in [-0.39, 0.29) is 25.2 Å². The van der Waals surface area contributed by atoms with Crippen molar-refractivity contribution in [1.82, 2.24) is 5.43 Å². The Bertz CT molecular complexity index is 836. The molecule has 0 atom stereocenters. The fourth-order valence-electron chi connectivity index (χ4n) is 2.45. The number of nitrogens with zero attached hydrogens (tertiary/aromatic N) is 1. The summed E-state index contributed by atoms with van der Waals surface area (Å²) in [5.41, 5.74) is 4.29. The van der Waals surface area contributed by atoms with Crippen LogP contribution in [0.2, 0.25) is 0 Å². The third-order valence-corrected chi connectivity index (χ3v) is 4.25. The van der Waals surface area contributed by atoms with Gasteiger partial charge in [-0.1, -0.05) is 29.8 Å². The van der Waals surface area contributed by atoms with Gasteiger partial charge in [-0.3, -0.25) is 4.79 Å². The van der Waals surface area contributed by atoms with Gasteiger partial charge < -0.3 is 14.2 Å². The van der Waals surface area contributed by atoms with E-state index in [1.54, 1.807) is 18.3 Å². The number of ether oxygens (including phenoxy) is 3. The lowest BCUT2D eigenvalue weighted by atomic mass is 10.0. The van der Waals surface area contributed by atoms with Gasteiger partial charge in [0.2, 0.25) is 6.79 Å². The van der Waals surface area contributed by atoms with Crippen LogP contribution >= 0.6 is 15.9 Å². The van der Waals surface area contributed by atoms with Crippen LogP contribution in [0.5, 0.6) is 17.2 Å². The Labute approximate surface area is 160 Å². The Morgan fingerprint density at radius 1 is 1.27 bits per heavy atom. The van der Waals surface area contributed by atoms with Crippen molar-refractivity contribution in [2.24, 2.45) is 5.10 Å². The molecule has 1 N–H and O–H groups in total. The molecule has 0 bridgehead atoms. The van der Waals surface area contributed by atoms with Crippen LogP contribution < -0.4 is 19.6 Å². The van der Waals surface area contributed by atoms with Gasteiger partial charge in [0.05, 0.1) is 6.21 Å². The number of benzene rings is 2. The molecule has 0 radical (unpaired) electrons. The van der Waals surface area contributed by atoms with Crippen molar-refractivity contribution in [1.29, 1.82) is 0 Å². The van der Waals surface area contributed by atoms with Gasteiger partial charge in [0.15, 0.2) is 18.1 Å². The summed E-state index contributed by atoms with van der Waals surface area (Å²) in [4.78, 5) is 11.9. The highest BCUT2D eigenvalue weighted by molar-refractivity contribution is 9.10. The van der Waals surface area contributed by atoms with Gasteiger partial charge in [0, 0.05) is 4.47 Å². The van der Waals surface area contributed by atoms with E-state index in [9.17, 15) is 4.79 Å². The fraction of sp³-hybridized carbons (Fsp3) is 0.263. The number of rotatable bonds is 6. The van der Waals surface area contributed by atoms with Crippen molar-refractivity contribution in [2.75, 3.05) is 13.4 Å². The molecule has 1 aliphatic rings. The third-order valence-electron chi connectivity index (χ3n) is 3.75. The number of hydrazone groups is 1. The molecule has 7 heteroatoms. The lowest BCUT2D eigenvalue weighted by molar-refractivity contribution is -0.123. The molecule has 26 heavy (non-hydrogen) atoms. The van der Waals surface area contributed by atoms with Gasteiger partial charge in [0.25, 0.3) is 5.91 Å². The van der Waals surface area contributed by atoms with E-state index in [1.807, 2.05) is 24.3 Å². The summed E-state index contributed by atoms with van der Waals surface area (Å²) in [6.07, 6.45) is 1.54. The number of halogens is 1. The van der Waals surface area contributed by atoms with Gasteiger partial charge in [-0.05, 0) is 53.4 Å². The molecule has 0 aromatic heterocycles. The van der Waals surface area contributed by atoms with Crippen LogP contribution in [0, 0.1) is 0 Å². The van der Waals surface area contributed by atoms with E-state index in [0.717, 1.165) is 15.6 Å². The van der Waals surface area contributed by atoms with Crippen molar-refractivity contribution in [3.8, 4) is 17.2 Å². The first-order chi connectivity index (χ1) is 12.5. The first kappa shape index (κ1) is 18.3. The van der Waals surface area contributed by atoms with Crippen LogP contribution in [0.25, 0.3) is 0 Å². The Hall–Kier alpha value is -2.54. The molecule has 3 rings (SSSR count). The van der Waals surface area contributed by atoms with Crippen molar-refractivity contribution >= 4 is 28.1 Å². The summed E-state index contributed by atoms with van der Waals surface area (Å²) in [5.74, 6) is 2.02. The average Bonchev–Trinajstić information content (AvgIpc) is 3.08. The average molecular weight is 419 g/mol. The molecule has 0 saturated carbocycles. The van der Waals surface area contributed by atoms with Crippen LogP contribution in [0.15, 0.2) is 46.0 Å². The first-order valence-corrected chi connectivity index (χ1v) is 8.96. The molecule has 2 aromatic rings.